The molecule has 0 radical (unpaired) electrons. The SMILES string of the molecule is COc1cccc(CC(=O)N2CCN(C3CCCCC3O)CC2)c1. The van der Waals surface area contributed by atoms with Crippen molar-refractivity contribution in [2.24, 2.45) is 0 Å². The Kier molecular flexibility index (Phi) is 5.74. The molecular formula is C19H28N2O3. The fourth-order valence-corrected chi connectivity index (χ4v) is 3.89. The van der Waals surface area contributed by atoms with E-state index < -0.39 is 0 Å². The molecule has 1 amide bonds. The number of rotatable bonds is 4. The maximum Gasteiger partial charge on any atom is 0.227 e. The maximum atomic E-state index is 12.5. The highest BCUT2D eigenvalue weighted by Gasteiger charge is 2.31. The summed E-state index contributed by atoms with van der Waals surface area (Å²) < 4.78 is 5.22. The zero-order valence-electron chi connectivity index (χ0n) is 14.5. The summed E-state index contributed by atoms with van der Waals surface area (Å²) in [6.45, 7) is 3.25. The number of nitrogens with zero attached hydrogens (tertiary/aromatic N) is 2. The van der Waals surface area contributed by atoms with Gasteiger partial charge in [-0.2, -0.15) is 0 Å². The van der Waals surface area contributed by atoms with Crippen molar-refractivity contribution in [3.63, 3.8) is 0 Å². The summed E-state index contributed by atoms with van der Waals surface area (Å²) in [6, 6.07) is 7.99. The van der Waals surface area contributed by atoms with Crippen LogP contribution in [0.5, 0.6) is 5.75 Å². The summed E-state index contributed by atoms with van der Waals surface area (Å²) in [5, 5.41) is 10.2. The molecule has 1 aliphatic heterocycles. The number of piperazine rings is 1. The van der Waals surface area contributed by atoms with E-state index in [1.165, 1.54) is 6.42 Å². The van der Waals surface area contributed by atoms with Gasteiger partial charge in [0.1, 0.15) is 5.75 Å². The van der Waals surface area contributed by atoms with Gasteiger partial charge < -0.3 is 14.7 Å². The van der Waals surface area contributed by atoms with E-state index in [0.717, 1.165) is 56.8 Å². The highest BCUT2D eigenvalue weighted by Crippen LogP contribution is 2.24. The molecular weight excluding hydrogens is 304 g/mol. The van der Waals surface area contributed by atoms with Crippen LogP contribution in [0.25, 0.3) is 0 Å². The van der Waals surface area contributed by atoms with E-state index in [4.69, 9.17) is 4.74 Å². The molecule has 1 aromatic carbocycles. The number of amides is 1. The Morgan fingerprint density at radius 1 is 1.21 bits per heavy atom. The predicted molar refractivity (Wildman–Crippen MR) is 93.1 cm³/mol. The van der Waals surface area contributed by atoms with Crippen molar-refractivity contribution in [1.82, 2.24) is 9.80 Å². The van der Waals surface area contributed by atoms with Gasteiger partial charge >= 0.3 is 0 Å². The number of methoxy groups -OCH3 is 1. The van der Waals surface area contributed by atoms with Gasteiger partial charge in [0, 0.05) is 32.2 Å². The highest BCUT2D eigenvalue weighted by atomic mass is 16.5. The van der Waals surface area contributed by atoms with Crippen LogP contribution in [-0.2, 0) is 11.2 Å². The molecule has 3 rings (SSSR count). The van der Waals surface area contributed by atoms with Gasteiger partial charge in [-0.05, 0) is 30.5 Å². The van der Waals surface area contributed by atoms with Crippen LogP contribution in [0, 0.1) is 0 Å². The monoisotopic (exact) mass is 332 g/mol. The number of hydrogen-bond acceptors (Lipinski definition) is 4. The number of benzene rings is 1. The summed E-state index contributed by atoms with van der Waals surface area (Å²) >= 11 is 0. The molecule has 1 saturated carbocycles. The van der Waals surface area contributed by atoms with E-state index in [-0.39, 0.29) is 18.1 Å². The van der Waals surface area contributed by atoms with Crippen molar-refractivity contribution < 1.29 is 14.6 Å². The lowest BCUT2D eigenvalue weighted by molar-refractivity contribution is -0.133. The van der Waals surface area contributed by atoms with Crippen molar-refractivity contribution in [3.8, 4) is 5.75 Å². The molecule has 1 aromatic rings. The van der Waals surface area contributed by atoms with Crippen molar-refractivity contribution in [2.45, 2.75) is 44.2 Å². The average Bonchev–Trinajstić information content (AvgIpc) is 2.62. The summed E-state index contributed by atoms with van der Waals surface area (Å²) in [6.07, 6.45) is 4.56. The van der Waals surface area contributed by atoms with Crippen molar-refractivity contribution in [2.75, 3.05) is 33.3 Å². The van der Waals surface area contributed by atoms with Gasteiger partial charge in [0.15, 0.2) is 0 Å². The van der Waals surface area contributed by atoms with Crippen LogP contribution in [0.4, 0.5) is 0 Å². The lowest BCUT2D eigenvalue weighted by Gasteiger charge is -2.42. The normalized spacial score (nSPS) is 25.5. The first kappa shape index (κ1) is 17.2. The number of hydrogen-bond donors (Lipinski definition) is 1. The maximum absolute atomic E-state index is 12.5. The average molecular weight is 332 g/mol. The van der Waals surface area contributed by atoms with E-state index in [2.05, 4.69) is 4.90 Å². The first-order valence-electron chi connectivity index (χ1n) is 9.00. The second kappa shape index (κ2) is 7.99. The van der Waals surface area contributed by atoms with E-state index in [0.29, 0.717) is 6.42 Å². The van der Waals surface area contributed by atoms with Crippen molar-refractivity contribution in [1.29, 1.82) is 0 Å². The van der Waals surface area contributed by atoms with Crippen LogP contribution in [0.1, 0.15) is 31.2 Å². The number of ether oxygens (including phenoxy) is 1. The molecule has 0 aromatic heterocycles. The summed E-state index contributed by atoms with van der Waals surface area (Å²) in [5.41, 5.74) is 0.990. The van der Waals surface area contributed by atoms with Crippen molar-refractivity contribution in [3.05, 3.63) is 29.8 Å². The molecule has 1 heterocycles. The summed E-state index contributed by atoms with van der Waals surface area (Å²) in [4.78, 5) is 16.9. The Bertz CT molecular complexity index is 555. The molecule has 2 atom stereocenters. The molecule has 1 aliphatic carbocycles. The minimum Gasteiger partial charge on any atom is -0.497 e. The third-order valence-electron chi connectivity index (χ3n) is 5.32. The van der Waals surface area contributed by atoms with Crippen LogP contribution >= 0.6 is 0 Å². The van der Waals surface area contributed by atoms with Gasteiger partial charge in [0.25, 0.3) is 0 Å². The third kappa shape index (κ3) is 4.08. The summed E-state index contributed by atoms with van der Waals surface area (Å²) in [7, 11) is 1.64. The molecule has 0 spiro atoms. The van der Waals surface area contributed by atoms with Crippen molar-refractivity contribution >= 4 is 5.91 Å². The molecule has 132 valence electrons. The molecule has 1 saturated heterocycles. The van der Waals surface area contributed by atoms with E-state index >= 15 is 0 Å². The van der Waals surface area contributed by atoms with Crippen LogP contribution < -0.4 is 4.74 Å². The third-order valence-corrected chi connectivity index (χ3v) is 5.32. The molecule has 0 bridgehead atoms. The number of aliphatic hydroxyl groups is 1. The lowest BCUT2D eigenvalue weighted by atomic mass is 9.91. The largest absolute Gasteiger partial charge is 0.497 e. The standard InChI is InChI=1S/C19H28N2O3/c1-24-16-6-4-5-15(13-16)14-19(23)21-11-9-20(10-12-21)17-7-2-3-8-18(17)22/h4-6,13,17-18,22H,2-3,7-12,14H2,1H3. The predicted octanol–water partition coefficient (Wildman–Crippen LogP) is 1.69. The van der Waals surface area contributed by atoms with E-state index in [9.17, 15) is 9.90 Å². The quantitative estimate of drug-likeness (QED) is 0.912. The zero-order chi connectivity index (χ0) is 16.9. The highest BCUT2D eigenvalue weighted by molar-refractivity contribution is 5.79. The Balaban J connectivity index is 1.51. The Morgan fingerprint density at radius 3 is 2.67 bits per heavy atom. The number of carbonyl (C=O) groups excluding carboxylic acids is 1. The first-order chi connectivity index (χ1) is 11.7. The zero-order valence-corrected chi connectivity index (χ0v) is 14.5. The van der Waals surface area contributed by atoms with Crippen LogP contribution in [0.15, 0.2) is 24.3 Å². The minimum absolute atomic E-state index is 0.173. The van der Waals surface area contributed by atoms with Crippen LogP contribution in [-0.4, -0.2) is 66.2 Å². The molecule has 2 unspecified atom stereocenters. The van der Waals surface area contributed by atoms with Gasteiger partial charge in [-0.25, -0.2) is 0 Å². The van der Waals surface area contributed by atoms with Gasteiger partial charge in [-0.3, -0.25) is 9.69 Å². The smallest absolute Gasteiger partial charge is 0.227 e. The molecule has 1 N–H and O–H groups in total. The van der Waals surface area contributed by atoms with E-state index in [1.807, 2.05) is 29.2 Å². The van der Waals surface area contributed by atoms with Gasteiger partial charge in [0.05, 0.1) is 19.6 Å². The minimum atomic E-state index is -0.196. The molecule has 24 heavy (non-hydrogen) atoms. The van der Waals surface area contributed by atoms with Gasteiger partial charge in [0.2, 0.25) is 5.91 Å². The Labute approximate surface area is 144 Å². The Morgan fingerprint density at radius 2 is 1.96 bits per heavy atom. The fraction of sp³-hybridized carbons (Fsp3) is 0.632. The second-order valence-electron chi connectivity index (χ2n) is 6.86. The molecule has 5 nitrogen and oxygen atoms in total. The Hall–Kier alpha value is -1.59. The molecule has 5 heteroatoms. The first-order valence-corrected chi connectivity index (χ1v) is 9.00. The number of carbonyl (C=O) groups is 1. The molecule has 2 fully saturated rings. The second-order valence-corrected chi connectivity index (χ2v) is 6.86. The van der Waals surface area contributed by atoms with Gasteiger partial charge in [-0.1, -0.05) is 25.0 Å². The van der Waals surface area contributed by atoms with Crippen LogP contribution in [0.2, 0.25) is 0 Å². The van der Waals surface area contributed by atoms with Gasteiger partial charge in [-0.15, -0.1) is 0 Å². The molecule has 2 aliphatic rings. The topological polar surface area (TPSA) is 53.0 Å². The fourth-order valence-electron chi connectivity index (χ4n) is 3.89. The number of aliphatic hydroxyl groups excluding tert-OH is 1. The lowest BCUT2D eigenvalue weighted by Crippen LogP contribution is -2.55. The van der Waals surface area contributed by atoms with E-state index in [1.54, 1.807) is 7.11 Å². The van der Waals surface area contributed by atoms with Crippen LogP contribution in [0.3, 0.4) is 0 Å². The summed E-state index contributed by atoms with van der Waals surface area (Å²) in [5.74, 6) is 0.962.